The van der Waals surface area contributed by atoms with Gasteiger partial charge in [-0.2, -0.15) is 0 Å². The molecule has 0 saturated heterocycles. The van der Waals surface area contributed by atoms with Gasteiger partial charge in [0.15, 0.2) is 0 Å². The average Bonchev–Trinajstić information content (AvgIpc) is 3.08. The van der Waals surface area contributed by atoms with Gasteiger partial charge < -0.3 is 9.87 Å². The molecule has 1 N–H and O–H groups in total. The fourth-order valence-electron chi connectivity index (χ4n) is 2.56. The van der Waals surface area contributed by atoms with Crippen molar-refractivity contribution in [2.45, 2.75) is 20.4 Å². The molecule has 0 aliphatic rings. The van der Waals surface area contributed by atoms with Gasteiger partial charge in [0.1, 0.15) is 5.00 Å². The standard InChI is InChI=1S/C19H19N3O3S2/c1-13-5-7-16(19(23)21-12-15-4-3-9-20-11-15)10-17(13)22(27(24)25)18-8-6-14(2)26-18/h3-11H,12H2,1-2H3,(H,21,23)(H,24,25)/p-1. The van der Waals surface area contributed by atoms with Gasteiger partial charge in [0.2, 0.25) is 0 Å². The number of thiophene rings is 1. The molecular weight excluding hydrogens is 382 g/mol. The molecule has 2 aromatic heterocycles. The van der Waals surface area contributed by atoms with E-state index in [2.05, 4.69) is 10.3 Å². The first-order valence-electron chi connectivity index (χ1n) is 8.19. The zero-order chi connectivity index (χ0) is 19.4. The fraction of sp³-hybridized carbons (Fsp3) is 0.158. The van der Waals surface area contributed by atoms with Gasteiger partial charge in [0.25, 0.3) is 5.91 Å². The molecule has 3 aromatic rings. The van der Waals surface area contributed by atoms with Gasteiger partial charge in [0, 0.05) is 29.4 Å². The van der Waals surface area contributed by atoms with Crippen LogP contribution in [0.5, 0.6) is 0 Å². The topological polar surface area (TPSA) is 85.4 Å². The predicted molar refractivity (Wildman–Crippen MR) is 107 cm³/mol. The summed E-state index contributed by atoms with van der Waals surface area (Å²) in [6, 6.07) is 12.3. The van der Waals surface area contributed by atoms with E-state index in [1.54, 1.807) is 42.7 Å². The monoisotopic (exact) mass is 400 g/mol. The van der Waals surface area contributed by atoms with Crippen LogP contribution in [-0.2, 0) is 17.8 Å². The van der Waals surface area contributed by atoms with Crippen LogP contribution in [0.15, 0.2) is 54.9 Å². The maximum atomic E-state index is 12.5. The Balaban J connectivity index is 1.86. The first-order valence-corrected chi connectivity index (χ1v) is 10.0. The zero-order valence-corrected chi connectivity index (χ0v) is 16.5. The van der Waals surface area contributed by atoms with Gasteiger partial charge in [-0.25, -0.2) is 0 Å². The van der Waals surface area contributed by atoms with Crippen LogP contribution in [-0.4, -0.2) is 19.7 Å². The Labute approximate surface area is 164 Å². The summed E-state index contributed by atoms with van der Waals surface area (Å²) in [6.07, 6.45) is 3.35. The number of rotatable bonds is 6. The van der Waals surface area contributed by atoms with Crippen LogP contribution in [0.3, 0.4) is 0 Å². The second kappa shape index (κ2) is 8.43. The largest absolute Gasteiger partial charge is 0.755 e. The molecule has 6 nitrogen and oxygen atoms in total. The smallest absolute Gasteiger partial charge is 0.251 e. The summed E-state index contributed by atoms with van der Waals surface area (Å²) in [4.78, 5) is 17.5. The summed E-state index contributed by atoms with van der Waals surface area (Å²) >= 11 is -1.13. The SMILES string of the molecule is Cc1ccc(N(c2cc(C(=O)NCc3cccnc3)ccc2C)S(=O)[O-])s1. The lowest BCUT2D eigenvalue weighted by Gasteiger charge is -2.26. The molecule has 2 heterocycles. The summed E-state index contributed by atoms with van der Waals surface area (Å²) < 4.78 is 25.0. The average molecular weight is 401 g/mol. The lowest BCUT2D eigenvalue weighted by atomic mass is 10.1. The van der Waals surface area contributed by atoms with E-state index < -0.39 is 11.3 Å². The molecule has 8 heteroatoms. The molecule has 0 bridgehead atoms. The van der Waals surface area contributed by atoms with Crippen molar-refractivity contribution in [2.75, 3.05) is 4.31 Å². The van der Waals surface area contributed by atoms with Crippen LogP contribution in [0, 0.1) is 13.8 Å². The van der Waals surface area contributed by atoms with Crippen molar-refractivity contribution in [2.24, 2.45) is 0 Å². The highest BCUT2D eigenvalue weighted by molar-refractivity contribution is 7.81. The summed E-state index contributed by atoms with van der Waals surface area (Å²) in [5, 5.41) is 3.41. The Morgan fingerprint density at radius 2 is 2.07 bits per heavy atom. The molecule has 1 aromatic carbocycles. The van der Waals surface area contributed by atoms with Crippen LogP contribution in [0.2, 0.25) is 0 Å². The number of carbonyl (C=O) groups excluding carboxylic acids is 1. The summed E-state index contributed by atoms with van der Waals surface area (Å²) in [7, 11) is 0. The molecule has 0 aliphatic carbocycles. The summed E-state index contributed by atoms with van der Waals surface area (Å²) in [5.41, 5.74) is 2.49. The van der Waals surface area contributed by atoms with Crippen LogP contribution in [0.25, 0.3) is 0 Å². The lowest BCUT2D eigenvalue weighted by Crippen LogP contribution is -2.24. The number of nitrogens with zero attached hydrogens (tertiary/aromatic N) is 2. The number of hydrogen-bond donors (Lipinski definition) is 1. The minimum atomic E-state index is -2.50. The number of benzene rings is 1. The Morgan fingerprint density at radius 3 is 2.70 bits per heavy atom. The predicted octanol–water partition coefficient (Wildman–Crippen LogP) is 3.62. The molecule has 0 aliphatic heterocycles. The van der Waals surface area contributed by atoms with Crippen molar-refractivity contribution >= 4 is 39.2 Å². The van der Waals surface area contributed by atoms with E-state index in [4.69, 9.17) is 0 Å². The Bertz CT molecular complexity index is 973. The van der Waals surface area contributed by atoms with Crippen molar-refractivity contribution in [1.82, 2.24) is 10.3 Å². The molecule has 0 saturated carbocycles. The molecule has 140 valence electrons. The number of amides is 1. The van der Waals surface area contributed by atoms with E-state index in [-0.39, 0.29) is 5.91 Å². The molecule has 0 fully saturated rings. The Morgan fingerprint density at radius 1 is 1.26 bits per heavy atom. The molecular formula is C19H18N3O3S2-. The van der Waals surface area contributed by atoms with E-state index in [0.717, 1.165) is 16.0 Å². The van der Waals surface area contributed by atoms with Gasteiger partial charge in [-0.15, -0.1) is 11.3 Å². The highest BCUT2D eigenvalue weighted by Crippen LogP contribution is 2.35. The third-order valence-corrected chi connectivity index (χ3v) is 5.73. The molecule has 27 heavy (non-hydrogen) atoms. The van der Waals surface area contributed by atoms with E-state index >= 15 is 0 Å². The van der Waals surface area contributed by atoms with Gasteiger partial charge in [0.05, 0.1) is 17.0 Å². The third-order valence-electron chi connectivity index (χ3n) is 3.94. The lowest BCUT2D eigenvalue weighted by molar-refractivity contribution is 0.0951. The van der Waals surface area contributed by atoms with Crippen molar-refractivity contribution in [3.05, 3.63) is 76.4 Å². The minimum absolute atomic E-state index is 0.279. The van der Waals surface area contributed by atoms with E-state index in [1.807, 2.05) is 26.0 Å². The molecule has 1 amide bonds. The quantitative estimate of drug-likeness (QED) is 0.641. The Kier molecular flexibility index (Phi) is 6.00. The molecule has 0 radical (unpaired) electrons. The number of anilines is 2. The first-order chi connectivity index (χ1) is 13.0. The van der Waals surface area contributed by atoms with E-state index in [1.165, 1.54) is 15.6 Å². The normalized spacial score (nSPS) is 11.8. The Hall–Kier alpha value is -2.55. The van der Waals surface area contributed by atoms with Crippen molar-refractivity contribution in [3.8, 4) is 0 Å². The number of carbonyl (C=O) groups is 1. The number of aryl methyl sites for hydroxylation is 2. The minimum Gasteiger partial charge on any atom is -0.755 e. The van der Waals surface area contributed by atoms with E-state index in [0.29, 0.717) is 22.8 Å². The maximum absolute atomic E-state index is 12.5. The van der Waals surface area contributed by atoms with E-state index in [9.17, 15) is 13.6 Å². The molecule has 1 unspecified atom stereocenters. The highest BCUT2D eigenvalue weighted by Gasteiger charge is 2.17. The van der Waals surface area contributed by atoms with Gasteiger partial charge >= 0.3 is 0 Å². The number of aromatic nitrogens is 1. The number of hydrogen-bond acceptors (Lipinski definition) is 5. The molecule has 0 spiro atoms. The zero-order valence-electron chi connectivity index (χ0n) is 14.8. The number of pyridine rings is 1. The fourth-order valence-corrected chi connectivity index (χ4v) is 4.20. The van der Waals surface area contributed by atoms with Gasteiger partial charge in [-0.05, 0) is 55.3 Å². The number of nitrogens with one attached hydrogen (secondary N) is 1. The van der Waals surface area contributed by atoms with Crippen LogP contribution < -0.4 is 9.62 Å². The summed E-state index contributed by atoms with van der Waals surface area (Å²) in [5.74, 6) is -0.279. The molecule has 3 rings (SSSR count). The highest BCUT2D eigenvalue weighted by atomic mass is 32.2. The maximum Gasteiger partial charge on any atom is 0.251 e. The second-order valence-corrected chi connectivity index (χ2v) is 8.01. The van der Waals surface area contributed by atoms with Crippen molar-refractivity contribution in [3.63, 3.8) is 0 Å². The van der Waals surface area contributed by atoms with Crippen LogP contribution >= 0.6 is 11.3 Å². The van der Waals surface area contributed by atoms with Crippen molar-refractivity contribution < 1.29 is 13.6 Å². The van der Waals surface area contributed by atoms with Gasteiger partial charge in [-0.1, -0.05) is 12.1 Å². The van der Waals surface area contributed by atoms with Crippen molar-refractivity contribution in [1.29, 1.82) is 0 Å². The van der Waals surface area contributed by atoms with Gasteiger partial charge in [-0.3, -0.25) is 18.3 Å². The third kappa shape index (κ3) is 4.60. The summed E-state index contributed by atoms with van der Waals surface area (Å²) in [6.45, 7) is 4.07. The first kappa shape index (κ1) is 19.2. The second-order valence-electron chi connectivity index (χ2n) is 5.94. The van der Waals surface area contributed by atoms with Crippen LogP contribution in [0.1, 0.15) is 26.4 Å². The molecule has 1 atom stereocenters. The van der Waals surface area contributed by atoms with Crippen LogP contribution in [0.4, 0.5) is 10.7 Å².